The summed E-state index contributed by atoms with van der Waals surface area (Å²) in [6, 6.07) is 4.63. The molecule has 0 bridgehead atoms. The SMILES string of the molecule is CN1CCCC(CNCc2ccc([N+](=O)[O-])cc2Cl)C1. The smallest absolute Gasteiger partial charge is 0.270 e. The molecule has 1 heterocycles. The number of hydrogen-bond donors (Lipinski definition) is 1. The van der Waals surface area contributed by atoms with Crippen molar-refractivity contribution in [3.8, 4) is 0 Å². The Kier molecular flexibility index (Phi) is 5.34. The number of piperidine rings is 1. The molecule has 1 saturated heterocycles. The molecule has 1 aliphatic heterocycles. The molecule has 1 unspecified atom stereocenters. The van der Waals surface area contributed by atoms with Gasteiger partial charge in [-0.3, -0.25) is 10.1 Å². The summed E-state index contributed by atoms with van der Waals surface area (Å²) in [4.78, 5) is 12.6. The largest absolute Gasteiger partial charge is 0.312 e. The molecule has 0 saturated carbocycles. The molecule has 110 valence electrons. The van der Waals surface area contributed by atoms with E-state index in [-0.39, 0.29) is 5.69 Å². The first-order chi connectivity index (χ1) is 9.56. The van der Waals surface area contributed by atoms with Crippen molar-refractivity contribution < 1.29 is 4.92 Å². The lowest BCUT2D eigenvalue weighted by Gasteiger charge is -2.29. The fraction of sp³-hybridized carbons (Fsp3) is 0.571. The average molecular weight is 298 g/mol. The Morgan fingerprint density at radius 2 is 2.35 bits per heavy atom. The van der Waals surface area contributed by atoms with Crippen LogP contribution in [0.5, 0.6) is 0 Å². The van der Waals surface area contributed by atoms with Crippen LogP contribution in [0.4, 0.5) is 5.69 Å². The topological polar surface area (TPSA) is 58.4 Å². The van der Waals surface area contributed by atoms with Crippen molar-refractivity contribution in [1.82, 2.24) is 10.2 Å². The Bertz CT molecular complexity index is 481. The average Bonchev–Trinajstić information content (AvgIpc) is 2.40. The minimum absolute atomic E-state index is 0.0349. The molecule has 0 spiro atoms. The summed E-state index contributed by atoms with van der Waals surface area (Å²) in [5.74, 6) is 0.672. The van der Waals surface area contributed by atoms with Gasteiger partial charge in [0.25, 0.3) is 5.69 Å². The first-order valence-corrected chi connectivity index (χ1v) is 7.26. The molecule has 1 aromatic carbocycles. The molecule has 0 radical (unpaired) electrons. The Morgan fingerprint density at radius 1 is 1.55 bits per heavy atom. The number of nitro groups is 1. The fourth-order valence-electron chi connectivity index (χ4n) is 2.64. The van der Waals surface area contributed by atoms with Gasteiger partial charge in [-0.15, -0.1) is 0 Å². The number of non-ortho nitro benzene ring substituents is 1. The third-order valence-electron chi connectivity index (χ3n) is 3.72. The number of nitrogens with zero attached hydrogens (tertiary/aromatic N) is 2. The van der Waals surface area contributed by atoms with Crippen molar-refractivity contribution >= 4 is 17.3 Å². The zero-order valence-electron chi connectivity index (χ0n) is 11.6. The first kappa shape index (κ1) is 15.2. The summed E-state index contributed by atoms with van der Waals surface area (Å²) in [7, 11) is 2.15. The molecule has 1 fully saturated rings. The van der Waals surface area contributed by atoms with E-state index in [1.54, 1.807) is 6.07 Å². The van der Waals surface area contributed by atoms with E-state index in [1.165, 1.54) is 31.5 Å². The third-order valence-corrected chi connectivity index (χ3v) is 4.07. The summed E-state index contributed by atoms with van der Waals surface area (Å²) in [5.41, 5.74) is 0.939. The minimum atomic E-state index is -0.430. The molecule has 2 rings (SSSR count). The van der Waals surface area contributed by atoms with E-state index in [1.807, 2.05) is 0 Å². The molecular formula is C14H20ClN3O2. The van der Waals surface area contributed by atoms with Gasteiger partial charge in [0.1, 0.15) is 0 Å². The van der Waals surface area contributed by atoms with Crippen LogP contribution in [0.25, 0.3) is 0 Å². The highest BCUT2D eigenvalue weighted by atomic mass is 35.5. The van der Waals surface area contributed by atoms with E-state index >= 15 is 0 Å². The molecule has 5 nitrogen and oxygen atoms in total. The summed E-state index contributed by atoms with van der Waals surface area (Å²) in [6.45, 7) is 3.92. The number of hydrogen-bond acceptors (Lipinski definition) is 4. The van der Waals surface area contributed by atoms with Gasteiger partial charge in [-0.2, -0.15) is 0 Å². The van der Waals surface area contributed by atoms with Gasteiger partial charge in [0, 0.05) is 25.2 Å². The Labute approximate surface area is 124 Å². The molecule has 1 aromatic rings. The maximum Gasteiger partial charge on any atom is 0.270 e. The number of nitrogens with one attached hydrogen (secondary N) is 1. The lowest BCUT2D eigenvalue weighted by atomic mass is 9.98. The molecule has 1 atom stereocenters. The van der Waals surface area contributed by atoms with Gasteiger partial charge in [-0.05, 0) is 50.5 Å². The van der Waals surface area contributed by atoms with Gasteiger partial charge >= 0.3 is 0 Å². The van der Waals surface area contributed by atoms with Crippen LogP contribution >= 0.6 is 11.6 Å². The minimum Gasteiger partial charge on any atom is -0.312 e. The molecular weight excluding hydrogens is 278 g/mol. The van der Waals surface area contributed by atoms with Gasteiger partial charge < -0.3 is 10.2 Å². The zero-order chi connectivity index (χ0) is 14.5. The quantitative estimate of drug-likeness (QED) is 0.670. The van der Waals surface area contributed by atoms with Crippen LogP contribution in [0, 0.1) is 16.0 Å². The van der Waals surface area contributed by atoms with E-state index in [2.05, 4.69) is 17.3 Å². The molecule has 0 aromatic heterocycles. The second-order valence-electron chi connectivity index (χ2n) is 5.43. The van der Waals surface area contributed by atoms with Crippen LogP contribution in [0.15, 0.2) is 18.2 Å². The summed E-state index contributed by atoms with van der Waals surface area (Å²) >= 11 is 6.07. The van der Waals surface area contributed by atoms with Crippen molar-refractivity contribution in [2.24, 2.45) is 5.92 Å². The maximum absolute atomic E-state index is 10.6. The maximum atomic E-state index is 10.6. The Balaban J connectivity index is 1.83. The van der Waals surface area contributed by atoms with Crippen molar-refractivity contribution in [2.75, 3.05) is 26.7 Å². The van der Waals surface area contributed by atoms with E-state index in [0.29, 0.717) is 17.5 Å². The van der Waals surface area contributed by atoms with E-state index in [4.69, 9.17) is 11.6 Å². The second kappa shape index (κ2) is 7.02. The van der Waals surface area contributed by atoms with Crippen LogP contribution in [-0.4, -0.2) is 36.5 Å². The zero-order valence-corrected chi connectivity index (χ0v) is 12.4. The first-order valence-electron chi connectivity index (χ1n) is 6.88. The monoisotopic (exact) mass is 297 g/mol. The molecule has 1 N–H and O–H groups in total. The van der Waals surface area contributed by atoms with Gasteiger partial charge in [-0.1, -0.05) is 11.6 Å². The molecule has 0 amide bonds. The van der Waals surface area contributed by atoms with Crippen LogP contribution in [0.1, 0.15) is 18.4 Å². The van der Waals surface area contributed by atoms with Gasteiger partial charge in [0.2, 0.25) is 0 Å². The predicted molar refractivity (Wildman–Crippen MR) is 80.0 cm³/mol. The Hall–Kier alpha value is -1.17. The van der Waals surface area contributed by atoms with Crippen molar-refractivity contribution in [2.45, 2.75) is 19.4 Å². The highest BCUT2D eigenvalue weighted by molar-refractivity contribution is 6.31. The van der Waals surface area contributed by atoms with Crippen LogP contribution in [-0.2, 0) is 6.54 Å². The van der Waals surface area contributed by atoms with Crippen molar-refractivity contribution in [3.05, 3.63) is 38.9 Å². The van der Waals surface area contributed by atoms with E-state index in [0.717, 1.165) is 18.7 Å². The van der Waals surface area contributed by atoms with Crippen LogP contribution < -0.4 is 5.32 Å². The Morgan fingerprint density at radius 3 is 3.00 bits per heavy atom. The van der Waals surface area contributed by atoms with Crippen molar-refractivity contribution in [1.29, 1.82) is 0 Å². The fourth-order valence-corrected chi connectivity index (χ4v) is 2.89. The molecule has 1 aliphatic rings. The molecule has 6 heteroatoms. The predicted octanol–water partition coefficient (Wildman–Crippen LogP) is 2.68. The summed E-state index contributed by atoms with van der Waals surface area (Å²) < 4.78 is 0. The molecule has 20 heavy (non-hydrogen) atoms. The number of halogens is 1. The van der Waals surface area contributed by atoms with E-state index < -0.39 is 4.92 Å². The number of likely N-dealkylation sites (tertiary alicyclic amines) is 1. The summed E-state index contributed by atoms with van der Waals surface area (Å²) in [5, 5.41) is 14.5. The van der Waals surface area contributed by atoms with E-state index in [9.17, 15) is 10.1 Å². The van der Waals surface area contributed by atoms with Crippen LogP contribution in [0.2, 0.25) is 5.02 Å². The highest BCUT2D eigenvalue weighted by Gasteiger charge is 2.16. The lowest BCUT2D eigenvalue weighted by Crippen LogP contribution is -2.37. The van der Waals surface area contributed by atoms with Gasteiger partial charge in [0.05, 0.1) is 9.95 Å². The molecule has 0 aliphatic carbocycles. The highest BCUT2D eigenvalue weighted by Crippen LogP contribution is 2.22. The number of nitro benzene ring substituents is 1. The normalized spacial score (nSPS) is 20.0. The van der Waals surface area contributed by atoms with Crippen LogP contribution in [0.3, 0.4) is 0 Å². The van der Waals surface area contributed by atoms with Crippen molar-refractivity contribution in [3.63, 3.8) is 0 Å². The van der Waals surface area contributed by atoms with Gasteiger partial charge in [-0.25, -0.2) is 0 Å². The summed E-state index contributed by atoms with van der Waals surface area (Å²) in [6.07, 6.45) is 2.51. The second-order valence-corrected chi connectivity index (χ2v) is 5.84. The van der Waals surface area contributed by atoms with Gasteiger partial charge in [0.15, 0.2) is 0 Å². The lowest BCUT2D eigenvalue weighted by molar-refractivity contribution is -0.384. The number of benzene rings is 1. The number of rotatable bonds is 5. The standard InChI is InChI=1S/C14H20ClN3O2/c1-17-6-2-3-11(10-17)8-16-9-12-4-5-13(18(19)20)7-14(12)15/h4-5,7,11,16H,2-3,6,8-10H2,1H3. The third kappa shape index (κ3) is 4.16.